The van der Waals surface area contributed by atoms with Crippen molar-refractivity contribution in [1.82, 2.24) is 4.57 Å². The molecule has 0 unspecified atom stereocenters. The molecule has 104 valence electrons. The first kappa shape index (κ1) is 14.8. The monoisotopic (exact) mass is 264 g/mol. The number of rotatable bonds is 4. The van der Waals surface area contributed by atoms with Crippen LogP contribution in [0.1, 0.15) is 19.5 Å². The predicted molar refractivity (Wildman–Crippen MR) is 76.2 cm³/mol. The molecule has 1 aromatic rings. The van der Waals surface area contributed by atoms with Gasteiger partial charge in [0, 0.05) is 17.5 Å². The van der Waals surface area contributed by atoms with Crippen LogP contribution in [-0.2, 0) is 6.54 Å². The molecule has 1 aromatic heterocycles. The van der Waals surface area contributed by atoms with Gasteiger partial charge in [-0.2, -0.15) is 0 Å². The van der Waals surface area contributed by atoms with Crippen molar-refractivity contribution in [1.29, 1.82) is 0 Å². The molecule has 6 nitrogen and oxygen atoms in total. The van der Waals surface area contributed by atoms with Gasteiger partial charge in [0.05, 0.1) is 18.9 Å². The van der Waals surface area contributed by atoms with Gasteiger partial charge in [-0.05, 0) is 32.4 Å². The number of hydrogen-bond acceptors (Lipinski definition) is 4. The van der Waals surface area contributed by atoms with Gasteiger partial charge in [-0.25, -0.2) is 0 Å². The minimum atomic E-state index is -0.273. The first-order valence-electron chi connectivity index (χ1n) is 5.92. The molecular formula is C13H20N4O2. The van der Waals surface area contributed by atoms with Crippen molar-refractivity contribution in [2.45, 2.75) is 27.3 Å². The topological polar surface area (TPSA) is 107 Å². The third-order valence-corrected chi connectivity index (χ3v) is 2.75. The Labute approximate surface area is 112 Å². The van der Waals surface area contributed by atoms with Gasteiger partial charge in [0.15, 0.2) is 0 Å². The molecule has 0 aliphatic carbocycles. The molecular weight excluding hydrogens is 244 g/mol. The van der Waals surface area contributed by atoms with E-state index in [4.69, 9.17) is 11.5 Å². The molecule has 0 saturated heterocycles. The van der Waals surface area contributed by atoms with Gasteiger partial charge in [0.25, 0.3) is 5.56 Å². The zero-order chi connectivity index (χ0) is 14.6. The summed E-state index contributed by atoms with van der Waals surface area (Å²) in [6, 6.07) is 2.70. The fraction of sp³-hybridized carbons (Fsp3) is 0.385. The quantitative estimate of drug-likeness (QED) is 0.543. The van der Waals surface area contributed by atoms with Gasteiger partial charge in [0.2, 0.25) is 0 Å². The minimum absolute atomic E-state index is 0.0374. The van der Waals surface area contributed by atoms with Crippen molar-refractivity contribution in [3.8, 4) is 5.75 Å². The number of amidine groups is 1. The second kappa shape index (κ2) is 6.08. The number of nitrogens with zero attached hydrogens (tertiary/aromatic N) is 2. The molecule has 0 radical (unpaired) electrons. The largest absolute Gasteiger partial charge is 0.508 e. The number of aromatic nitrogens is 1. The average Bonchev–Trinajstić information content (AvgIpc) is 2.25. The summed E-state index contributed by atoms with van der Waals surface area (Å²) in [5.41, 5.74) is 13.1. The second-order valence-corrected chi connectivity index (χ2v) is 4.52. The first-order valence-corrected chi connectivity index (χ1v) is 5.92. The molecule has 1 heterocycles. The van der Waals surface area contributed by atoms with E-state index in [1.807, 2.05) is 0 Å². The van der Waals surface area contributed by atoms with E-state index in [0.717, 1.165) is 5.57 Å². The average molecular weight is 264 g/mol. The van der Waals surface area contributed by atoms with Crippen LogP contribution in [0.5, 0.6) is 5.75 Å². The standard InChI is InChI=1S/C13H20N4O2/c1-8-4-12(18)5-13(19)17(8)7-11(9(2)14)6-16-10(3)15/h4-5,18H,6-7,14H2,1-3H3,(H2,15,16)/b11-9-. The van der Waals surface area contributed by atoms with E-state index in [0.29, 0.717) is 30.3 Å². The normalized spacial score (nSPS) is 13.3. The van der Waals surface area contributed by atoms with Crippen molar-refractivity contribution in [2.75, 3.05) is 6.54 Å². The van der Waals surface area contributed by atoms with E-state index in [2.05, 4.69) is 4.99 Å². The van der Waals surface area contributed by atoms with E-state index in [1.165, 1.54) is 16.7 Å². The first-order chi connectivity index (χ1) is 8.81. The zero-order valence-corrected chi connectivity index (χ0v) is 11.5. The molecule has 1 rings (SSSR count). The number of hydrogen-bond donors (Lipinski definition) is 3. The maximum atomic E-state index is 11.8. The molecule has 0 amide bonds. The van der Waals surface area contributed by atoms with E-state index in [1.54, 1.807) is 20.8 Å². The van der Waals surface area contributed by atoms with Crippen molar-refractivity contribution in [3.05, 3.63) is 39.5 Å². The van der Waals surface area contributed by atoms with Crippen LogP contribution < -0.4 is 17.0 Å². The molecule has 19 heavy (non-hydrogen) atoms. The molecule has 0 spiro atoms. The SMILES string of the molecule is CC(N)=NC/C(Cn1c(C)cc(O)cc1=O)=C(\C)N. The summed E-state index contributed by atoms with van der Waals surface area (Å²) in [5, 5.41) is 9.35. The highest BCUT2D eigenvalue weighted by Gasteiger charge is 2.07. The van der Waals surface area contributed by atoms with Gasteiger partial charge in [0.1, 0.15) is 5.75 Å². The van der Waals surface area contributed by atoms with Crippen molar-refractivity contribution >= 4 is 5.84 Å². The van der Waals surface area contributed by atoms with Crippen LogP contribution in [0.25, 0.3) is 0 Å². The van der Waals surface area contributed by atoms with Gasteiger partial charge >= 0.3 is 0 Å². The molecule has 6 heteroatoms. The fourth-order valence-electron chi connectivity index (χ4n) is 1.62. The lowest BCUT2D eigenvalue weighted by atomic mass is 10.2. The summed E-state index contributed by atoms with van der Waals surface area (Å²) in [6.45, 7) is 5.91. The Morgan fingerprint density at radius 1 is 1.37 bits per heavy atom. The lowest BCUT2D eigenvalue weighted by molar-refractivity contribution is 0.470. The maximum absolute atomic E-state index is 11.8. The molecule has 0 aliphatic rings. The summed E-state index contributed by atoms with van der Waals surface area (Å²) >= 11 is 0. The molecule has 0 aromatic carbocycles. The lowest BCUT2D eigenvalue weighted by Crippen LogP contribution is -2.24. The number of nitrogens with two attached hydrogens (primary N) is 2. The summed E-state index contributed by atoms with van der Waals surface area (Å²) in [5.74, 6) is 0.429. The Morgan fingerprint density at radius 3 is 2.47 bits per heavy atom. The Hall–Kier alpha value is -2.24. The highest BCUT2D eigenvalue weighted by molar-refractivity contribution is 5.77. The molecule has 0 fully saturated rings. The highest BCUT2D eigenvalue weighted by atomic mass is 16.3. The minimum Gasteiger partial charge on any atom is -0.508 e. The van der Waals surface area contributed by atoms with Crippen molar-refractivity contribution < 1.29 is 5.11 Å². The van der Waals surface area contributed by atoms with E-state index >= 15 is 0 Å². The third-order valence-electron chi connectivity index (χ3n) is 2.75. The van der Waals surface area contributed by atoms with Crippen LogP contribution in [0.2, 0.25) is 0 Å². The molecule has 0 atom stereocenters. The molecule has 0 aliphatic heterocycles. The third kappa shape index (κ3) is 4.17. The molecule has 0 bridgehead atoms. The van der Waals surface area contributed by atoms with Gasteiger partial charge in [-0.15, -0.1) is 0 Å². The Bertz CT molecular complexity index is 577. The van der Waals surface area contributed by atoms with Crippen LogP contribution >= 0.6 is 0 Å². The molecule has 0 saturated carbocycles. The summed E-state index contributed by atoms with van der Waals surface area (Å²) in [7, 11) is 0. The Balaban J connectivity index is 3.09. The second-order valence-electron chi connectivity index (χ2n) is 4.52. The summed E-state index contributed by atoms with van der Waals surface area (Å²) in [4.78, 5) is 15.9. The van der Waals surface area contributed by atoms with Gasteiger partial charge in [-0.3, -0.25) is 9.79 Å². The van der Waals surface area contributed by atoms with Crippen molar-refractivity contribution in [2.24, 2.45) is 16.5 Å². The highest BCUT2D eigenvalue weighted by Crippen LogP contribution is 2.10. The van der Waals surface area contributed by atoms with Crippen molar-refractivity contribution in [3.63, 3.8) is 0 Å². The molecule has 5 N–H and O–H groups in total. The smallest absolute Gasteiger partial charge is 0.254 e. The summed E-state index contributed by atoms with van der Waals surface area (Å²) in [6.07, 6.45) is 0. The number of aliphatic imine (C=N–C) groups is 1. The lowest BCUT2D eigenvalue weighted by Gasteiger charge is -2.13. The van der Waals surface area contributed by atoms with Crippen LogP contribution in [0.3, 0.4) is 0 Å². The van der Waals surface area contributed by atoms with Crippen LogP contribution in [-0.4, -0.2) is 22.1 Å². The van der Waals surface area contributed by atoms with Crippen LogP contribution in [0.4, 0.5) is 0 Å². The van der Waals surface area contributed by atoms with Gasteiger partial charge < -0.3 is 21.1 Å². The van der Waals surface area contributed by atoms with E-state index < -0.39 is 0 Å². The zero-order valence-electron chi connectivity index (χ0n) is 11.5. The van der Waals surface area contributed by atoms with E-state index in [-0.39, 0.29) is 11.3 Å². The number of pyridine rings is 1. The Kier molecular flexibility index (Phi) is 4.74. The number of aromatic hydroxyl groups is 1. The number of aryl methyl sites for hydroxylation is 1. The van der Waals surface area contributed by atoms with Crippen LogP contribution in [0.15, 0.2) is 33.2 Å². The maximum Gasteiger partial charge on any atom is 0.254 e. The summed E-state index contributed by atoms with van der Waals surface area (Å²) < 4.78 is 1.53. The number of allylic oxidation sites excluding steroid dienone is 1. The van der Waals surface area contributed by atoms with E-state index in [9.17, 15) is 9.90 Å². The van der Waals surface area contributed by atoms with Crippen LogP contribution in [0, 0.1) is 6.92 Å². The van der Waals surface area contributed by atoms with Gasteiger partial charge in [-0.1, -0.05) is 0 Å². The predicted octanol–water partition coefficient (Wildman–Crippen LogP) is 0.472. The fourth-order valence-corrected chi connectivity index (χ4v) is 1.62. The Morgan fingerprint density at radius 2 is 2.00 bits per heavy atom.